The van der Waals surface area contributed by atoms with Crippen molar-refractivity contribution in [1.82, 2.24) is 0 Å². The van der Waals surface area contributed by atoms with Crippen molar-refractivity contribution in [3.05, 3.63) is 23.3 Å². The van der Waals surface area contributed by atoms with Gasteiger partial charge in [0.1, 0.15) is 0 Å². The highest BCUT2D eigenvalue weighted by Gasteiger charge is 2.28. The van der Waals surface area contributed by atoms with Crippen molar-refractivity contribution in [2.45, 2.75) is 32.7 Å². The molecule has 1 aromatic carbocycles. The lowest BCUT2D eigenvalue weighted by atomic mass is 10.1. The number of nitrogens with two attached hydrogens (primary N) is 1. The molecule has 0 aromatic heterocycles. The summed E-state index contributed by atoms with van der Waals surface area (Å²) in [6.45, 7) is 4.07. The van der Waals surface area contributed by atoms with E-state index in [0.717, 1.165) is 17.2 Å². The molecule has 0 bridgehead atoms. The Morgan fingerprint density at radius 2 is 2.17 bits per heavy atom. The second-order valence-electron chi connectivity index (χ2n) is 5.02. The first kappa shape index (κ1) is 12.7. The monoisotopic (exact) mass is 248 g/mol. The van der Waals surface area contributed by atoms with Crippen LogP contribution < -0.4 is 11.1 Å². The summed E-state index contributed by atoms with van der Waals surface area (Å²) in [7, 11) is 1.37. The number of benzene rings is 1. The molecule has 1 saturated carbocycles. The van der Waals surface area contributed by atoms with Gasteiger partial charge in [-0.05, 0) is 50.3 Å². The molecule has 0 amide bonds. The lowest BCUT2D eigenvalue weighted by Gasteiger charge is -2.17. The molecule has 1 aliphatic carbocycles. The first-order valence-corrected chi connectivity index (χ1v) is 6.28. The topological polar surface area (TPSA) is 64.3 Å². The van der Waals surface area contributed by atoms with Crippen molar-refractivity contribution in [1.29, 1.82) is 0 Å². The number of hydrogen-bond acceptors (Lipinski definition) is 4. The van der Waals surface area contributed by atoms with E-state index in [-0.39, 0.29) is 0 Å². The van der Waals surface area contributed by atoms with Crippen LogP contribution in [0.3, 0.4) is 0 Å². The zero-order chi connectivity index (χ0) is 13.3. The van der Waals surface area contributed by atoms with Gasteiger partial charge in [-0.15, -0.1) is 0 Å². The number of carbonyl (C=O) groups excluding carboxylic acids is 1. The zero-order valence-corrected chi connectivity index (χ0v) is 11.1. The maximum Gasteiger partial charge on any atom is 0.340 e. The number of carbonyl (C=O) groups is 1. The molecule has 0 saturated heterocycles. The minimum Gasteiger partial charge on any atom is -0.465 e. The Labute approximate surface area is 108 Å². The van der Waals surface area contributed by atoms with Gasteiger partial charge in [0.15, 0.2) is 0 Å². The highest BCUT2D eigenvalue weighted by Crippen LogP contribution is 2.34. The van der Waals surface area contributed by atoms with Crippen LogP contribution in [-0.4, -0.2) is 19.1 Å². The molecule has 0 radical (unpaired) electrons. The van der Waals surface area contributed by atoms with Crippen LogP contribution in [0.5, 0.6) is 0 Å². The SMILES string of the molecule is COC(=O)c1cc(NC(C)C2CC2)cc(C)c1N. The molecule has 1 aliphatic rings. The van der Waals surface area contributed by atoms with E-state index < -0.39 is 5.97 Å². The Morgan fingerprint density at radius 3 is 2.72 bits per heavy atom. The highest BCUT2D eigenvalue weighted by atomic mass is 16.5. The van der Waals surface area contributed by atoms with Crippen molar-refractivity contribution in [2.75, 3.05) is 18.2 Å². The maximum atomic E-state index is 11.6. The van der Waals surface area contributed by atoms with Crippen molar-refractivity contribution in [3.8, 4) is 0 Å². The predicted octanol–water partition coefficient (Wildman–Crippen LogP) is 2.57. The fourth-order valence-corrected chi connectivity index (χ4v) is 2.14. The summed E-state index contributed by atoms with van der Waals surface area (Å²) in [5.41, 5.74) is 8.65. The second-order valence-corrected chi connectivity index (χ2v) is 5.02. The fraction of sp³-hybridized carbons (Fsp3) is 0.500. The molecule has 18 heavy (non-hydrogen) atoms. The van der Waals surface area contributed by atoms with Crippen LogP contribution in [0.4, 0.5) is 11.4 Å². The van der Waals surface area contributed by atoms with Gasteiger partial charge in [-0.3, -0.25) is 0 Å². The molecule has 1 aromatic rings. The van der Waals surface area contributed by atoms with E-state index in [0.29, 0.717) is 17.3 Å². The third-order valence-electron chi connectivity index (χ3n) is 3.52. The lowest BCUT2D eigenvalue weighted by Crippen LogP contribution is -2.18. The molecular formula is C14H20N2O2. The van der Waals surface area contributed by atoms with E-state index in [1.54, 1.807) is 6.07 Å². The van der Waals surface area contributed by atoms with Gasteiger partial charge in [-0.2, -0.15) is 0 Å². The number of aryl methyl sites for hydroxylation is 1. The minimum absolute atomic E-state index is 0.390. The largest absolute Gasteiger partial charge is 0.465 e. The van der Waals surface area contributed by atoms with E-state index >= 15 is 0 Å². The normalized spacial score (nSPS) is 16.2. The summed E-state index contributed by atoms with van der Waals surface area (Å²) in [6, 6.07) is 4.17. The molecule has 3 N–H and O–H groups in total. The van der Waals surface area contributed by atoms with Gasteiger partial charge in [0.25, 0.3) is 0 Å². The molecule has 4 nitrogen and oxygen atoms in total. The van der Waals surface area contributed by atoms with Crippen molar-refractivity contribution >= 4 is 17.3 Å². The van der Waals surface area contributed by atoms with E-state index in [1.165, 1.54) is 20.0 Å². The van der Waals surface area contributed by atoms with Crippen LogP contribution in [0.25, 0.3) is 0 Å². The van der Waals surface area contributed by atoms with Crippen LogP contribution in [0.2, 0.25) is 0 Å². The standard InChI is InChI=1S/C14H20N2O2/c1-8-6-11(16-9(2)10-4-5-10)7-12(13(8)15)14(17)18-3/h6-7,9-10,16H,4-5,15H2,1-3H3. The molecular weight excluding hydrogens is 228 g/mol. The van der Waals surface area contributed by atoms with Crippen LogP contribution in [0.1, 0.15) is 35.7 Å². The van der Waals surface area contributed by atoms with Crippen molar-refractivity contribution in [2.24, 2.45) is 5.92 Å². The first-order valence-electron chi connectivity index (χ1n) is 6.28. The smallest absolute Gasteiger partial charge is 0.340 e. The Hall–Kier alpha value is -1.71. The van der Waals surface area contributed by atoms with Crippen LogP contribution >= 0.6 is 0 Å². The summed E-state index contributed by atoms with van der Waals surface area (Å²) in [5, 5.41) is 3.43. The van der Waals surface area contributed by atoms with Crippen LogP contribution in [0.15, 0.2) is 12.1 Å². The summed E-state index contributed by atoms with van der Waals surface area (Å²) in [4.78, 5) is 11.6. The number of nitrogens with one attached hydrogen (secondary N) is 1. The molecule has 2 rings (SSSR count). The van der Waals surface area contributed by atoms with Gasteiger partial charge in [0.2, 0.25) is 0 Å². The number of anilines is 2. The highest BCUT2D eigenvalue weighted by molar-refractivity contribution is 5.97. The number of nitrogen functional groups attached to an aromatic ring is 1. The van der Waals surface area contributed by atoms with E-state index in [4.69, 9.17) is 10.5 Å². The molecule has 1 atom stereocenters. The molecule has 0 spiro atoms. The van der Waals surface area contributed by atoms with Crippen LogP contribution in [-0.2, 0) is 4.74 Å². The van der Waals surface area contributed by atoms with Gasteiger partial charge < -0.3 is 15.8 Å². The third kappa shape index (κ3) is 2.58. The van der Waals surface area contributed by atoms with E-state index in [2.05, 4.69) is 12.2 Å². The van der Waals surface area contributed by atoms with Gasteiger partial charge in [0.05, 0.1) is 12.7 Å². The number of ether oxygens (including phenoxy) is 1. The summed E-state index contributed by atoms with van der Waals surface area (Å²) < 4.78 is 4.75. The number of rotatable bonds is 4. The van der Waals surface area contributed by atoms with Gasteiger partial charge in [0, 0.05) is 17.4 Å². The Balaban J connectivity index is 2.25. The summed E-state index contributed by atoms with van der Waals surface area (Å²) >= 11 is 0. The fourth-order valence-electron chi connectivity index (χ4n) is 2.14. The van der Waals surface area contributed by atoms with Crippen molar-refractivity contribution < 1.29 is 9.53 Å². The third-order valence-corrected chi connectivity index (χ3v) is 3.52. The Morgan fingerprint density at radius 1 is 1.50 bits per heavy atom. The maximum absolute atomic E-state index is 11.6. The lowest BCUT2D eigenvalue weighted by molar-refractivity contribution is 0.0602. The van der Waals surface area contributed by atoms with Gasteiger partial charge >= 0.3 is 5.97 Å². The average Bonchev–Trinajstić information content (AvgIpc) is 3.16. The first-order chi connectivity index (χ1) is 8.52. The Kier molecular flexibility index (Phi) is 3.45. The van der Waals surface area contributed by atoms with Gasteiger partial charge in [-0.25, -0.2) is 4.79 Å². The molecule has 1 unspecified atom stereocenters. The number of hydrogen-bond donors (Lipinski definition) is 2. The molecule has 1 fully saturated rings. The minimum atomic E-state index is -0.390. The summed E-state index contributed by atoms with van der Waals surface area (Å²) in [5.74, 6) is 0.364. The molecule has 0 heterocycles. The van der Waals surface area contributed by atoms with Crippen LogP contribution in [0, 0.1) is 12.8 Å². The number of methoxy groups -OCH3 is 1. The van der Waals surface area contributed by atoms with E-state index in [9.17, 15) is 4.79 Å². The molecule has 4 heteroatoms. The van der Waals surface area contributed by atoms with Crippen molar-refractivity contribution in [3.63, 3.8) is 0 Å². The van der Waals surface area contributed by atoms with E-state index in [1.807, 2.05) is 13.0 Å². The zero-order valence-electron chi connectivity index (χ0n) is 11.1. The quantitative estimate of drug-likeness (QED) is 0.635. The predicted molar refractivity (Wildman–Crippen MR) is 72.7 cm³/mol. The average molecular weight is 248 g/mol. The Bertz CT molecular complexity index is 467. The molecule has 0 aliphatic heterocycles. The second kappa shape index (κ2) is 4.88. The summed E-state index contributed by atoms with van der Waals surface area (Å²) in [6.07, 6.45) is 2.57. The number of esters is 1. The molecule has 98 valence electrons. The van der Waals surface area contributed by atoms with Gasteiger partial charge in [-0.1, -0.05) is 0 Å².